The third kappa shape index (κ3) is 5.95. The summed E-state index contributed by atoms with van der Waals surface area (Å²) >= 11 is 1.50. The SMILES string of the molecule is Cc1nc(COc2ccccc2C(=O)NCc2ccccc2OC(F)(F)F)cs1. The summed E-state index contributed by atoms with van der Waals surface area (Å²) in [5.41, 5.74) is 1.23. The van der Waals surface area contributed by atoms with Gasteiger partial charge in [0.05, 0.1) is 16.3 Å². The topological polar surface area (TPSA) is 60.5 Å². The lowest BCUT2D eigenvalue weighted by atomic mass is 10.1. The summed E-state index contributed by atoms with van der Waals surface area (Å²) in [6.07, 6.45) is -4.81. The maximum Gasteiger partial charge on any atom is 0.573 e. The fourth-order valence-electron chi connectivity index (χ4n) is 2.55. The summed E-state index contributed by atoms with van der Waals surface area (Å²) in [5, 5.41) is 5.39. The van der Waals surface area contributed by atoms with Gasteiger partial charge in [-0.2, -0.15) is 0 Å². The maximum atomic E-state index is 12.6. The van der Waals surface area contributed by atoms with Crippen LogP contribution in [0.5, 0.6) is 11.5 Å². The molecule has 1 heterocycles. The van der Waals surface area contributed by atoms with Crippen LogP contribution in [-0.4, -0.2) is 17.3 Å². The second-order valence-electron chi connectivity index (χ2n) is 5.98. The summed E-state index contributed by atoms with van der Waals surface area (Å²) in [6, 6.07) is 12.3. The molecule has 29 heavy (non-hydrogen) atoms. The lowest BCUT2D eigenvalue weighted by Crippen LogP contribution is -2.25. The molecular formula is C20H17F3N2O3S. The first kappa shape index (κ1) is 20.7. The van der Waals surface area contributed by atoms with Crippen molar-refractivity contribution in [3.8, 4) is 11.5 Å². The third-order valence-electron chi connectivity index (χ3n) is 3.81. The minimum Gasteiger partial charge on any atom is -0.486 e. The molecule has 0 bridgehead atoms. The minimum absolute atomic E-state index is 0.134. The highest BCUT2D eigenvalue weighted by Crippen LogP contribution is 2.26. The number of rotatable bonds is 7. The summed E-state index contributed by atoms with van der Waals surface area (Å²) in [7, 11) is 0. The predicted molar refractivity (Wildman–Crippen MR) is 102 cm³/mol. The Hall–Kier alpha value is -3.07. The molecule has 0 fully saturated rings. The van der Waals surface area contributed by atoms with Gasteiger partial charge in [-0.3, -0.25) is 4.79 Å². The molecule has 152 valence electrons. The summed E-state index contributed by atoms with van der Waals surface area (Å²) < 4.78 is 47.3. The minimum atomic E-state index is -4.81. The molecule has 2 aromatic carbocycles. The molecule has 0 aliphatic heterocycles. The van der Waals surface area contributed by atoms with Crippen LogP contribution in [0.1, 0.15) is 26.6 Å². The Morgan fingerprint density at radius 3 is 2.48 bits per heavy atom. The monoisotopic (exact) mass is 422 g/mol. The Morgan fingerprint density at radius 2 is 1.79 bits per heavy atom. The van der Waals surface area contributed by atoms with Gasteiger partial charge in [-0.25, -0.2) is 4.98 Å². The predicted octanol–water partition coefficient (Wildman–Crippen LogP) is 4.86. The molecule has 0 radical (unpaired) electrons. The van der Waals surface area contributed by atoms with E-state index in [1.54, 1.807) is 30.3 Å². The van der Waals surface area contributed by atoms with E-state index < -0.39 is 12.3 Å². The van der Waals surface area contributed by atoms with Gasteiger partial charge in [0.2, 0.25) is 0 Å². The molecule has 3 rings (SSSR count). The summed E-state index contributed by atoms with van der Waals surface area (Å²) in [5.74, 6) is -0.476. The van der Waals surface area contributed by atoms with Gasteiger partial charge < -0.3 is 14.8 Å². The van der Waals surface area contributed by atoms with Crippen molar-refractivity contribution in [2.75, 3.05) is 0 Å². The van der Waals surface area contributed by atoms with Gasteiger partial charge in [0, 0.05) is 17.5 Å². The van der Waals surface area contributed by atoms with Crippen LogP contribution in [0.2, 0.25) is 0 Å². The van der Waals surface area contributed by atoms with Crippen molar-refractivity contribution < 1.29 is 27.4 Å². The molecule has 0 saturated heterocycles. The number of thiazole rings is 1. The lowest BCUT2D eigenvalue weighted by molar-refractivity contribution is -0.274. The highest BCUT2D eigenvalue weighted by molar-refractivity contribution is 7.09. The van der Waals surface area contributed by atoms with Gasteiger partial charge in [0.25, 0.3) is 5.91 Å². The van der Waals surface area contributed by atoms with E-state index in [2.05, 4.69) is 15.0 Å². The lowest BCUT2D eigenvalue weighted by Gasteiger charge is -2.14. The fourth-order valence-corrected chi connectivity index (χ4v) is 3.15. The maximum absolute atomic E-state index is 12.6. The zero-order valence-electron chi connectivity index (χ0n) is 15.3. The Bertz CT molecular complexity index is 989. The number of aromatic nitrogens is 1. The van der Waals surface area contributed by atoms with E-state index in [0.29, 0.717) is 5.75 Å². The number of alkyl halides is 3. The first-order valence-electron chi connectivity index (χ1n) is 8.56. The third-order valence-corrected chi connectivity index (χ3v) is 4.63. The van der Waals surface area contributed by atoms with Crippen molar-refractivity contribution >= 4 is 17.2 Å². The molecule has 1 aromatic heterocycles. The molecule has 0 aliphatic rings. The molecule has 0 atom stereocenters. The van der Waals surface area contributed by atoms with E-state index in [-0.39, 0.29) is 30.0 Å². The first-order chi connectivity index (χ1) is 13.8. The standard InChI is InChI=1S/C20H17F3N2O3S/c1-13-25-15(12-29-13)11-27-18-9-5-3-7-16(18)19(26)24-10-14-6-2-4-8-17(14)28-20(21,22)23/h2-9,12H,10-11H2,1H3,(H,24,26). The van der Waals surface area contributed by atoms with Crippen molar-refractivity contribution in [3.05, 3.63) is 75.7 Å². The van der Waals surface area contributed by atoms with E-state index in [4.69, 9.17) is 4.74 Å². The quantitative estimate of drug-likeness (QED) is 0.591. The number of halogens is 3. The van der Waals surface area contributed by atoms with Crippen molar-refractivity contribution in [2.45, 2.75) is 26.4 Å². The van der Waals surface area contributed by atoms with Crippen LogP contribution in [-0.2, 0) is 13.2 Å². The molecule has 0 unspecified atom stereocenters. The first-order valence-corrected chi connectivity index (χ1v) is 9.44. The number of carbonyl (C=O) groups is 1. The van der Waals surface area contributed by atoms with Crippen LogP contribution in [0, 0.1) is 6.92 Å². The molecule has 5 nitrogen and oxygen atoms in total. The number of nitrogens with zero attached hydrogens (tertiary/aromatic N) is 1. The van der Waals surface area contributed by atoms with Crippen molar-refractivity contribution in [3.63, 3.8) is 0 Å². The largest absolute Gasteiger partial charge is 0.573 e. The number of nitrogens with one attached hydrogen (secondary N) is 1. The number of benzene rings is 2. The smallest absolute Gasteiger partial charge is 0.486 e. The van der Waals surface area contributed by atoms with Crippen LogP contribution in [0.4, 0.5) is 13.2 Å². The van der Waals surface area contributed by atoms with Gasteiger partial charge >= 0.3 is 6.36 Å². The molecule has 0 saturated carbocycles. The number of amides is 1. The van der Waals surface area contributed by atoms with Crippen LogP contribution in [0.3, 0.4) is 0 Å². The van der Waals surface area contributed by atoms with E-state index >= 15 is 0 Å². The van der Waals surface area contributed by atoms with Gasteiger partial charge in [-0.05, 0) is 25.1 Å². The average molecular weight is 422 g/mol. The van der Waals surface area contributed by atoms with Crippen molar-refractivity contribution in [1.82, 2.24) is 10.3 Å². The molecule has 0 spiro atoms. The molecule has 9 heteroatoms. The van der Waals surface area contributed by atoms with Gasteiger partial charge in [-0.1, -0.05) is 30.3 Å². The number of ether oxygens (including phenoxy) is 2. The Labute approximate surface area is 169 Å². The Balaban J connectivity index is 1.67. The number of carbonyl (C=O) groups excluding carboxylic acids is 1. The second kappa shape index (κ2) is 8.95. The van der Waals surface area contributed by atoms with E-state index in [9.17, 15) is 18.0 Å². The zero-order chi connectivity index (χ0) is 20.9. The molecule has 1 N–H and O–H groups in total. The number of para-hydroxylation sites is 2. The van der Waals surface area contributed by atoms with E-state index in [1.165, 1.54) is 29.5 Å². The number of aryl methyl sites for hydroxylation is 1. The van der Waals surface area contributed by atoms with E-state index in [0.717, 1.165) is 10.7 Å². The zero-order valence-corrected chi connectivity index (χ0v) is 16.1. The van der Waals surface area contributed by atoms with Crippen LogP contribution < -0.4 is 14.8 Å². The van der Waals surface area contributed by atoms with Gasteiger partial charge in [0.15, 0.2) is 0 Å². The van der Waals surface area contributed by atoms with Crippen LogP contribution in [0.25, 0.3) is 0 Å². The molecule has 0 aliphatic carbocycles. The fraction of sp³-hybridized carbons (Fsp3) is 0.200. The molecular weight excluding hydrogens is 405 g/mol. The van der Waals surface area contributed by atoms with Crippen molar-refractivity contribution in [2.24, 2.45) is 0 Å². The van der Waals surface area contributed by atoms with Crippen LogP contribution in [0.15, 0.2) is 53.9 Å². The summed E-state index contributed by atoms with van der Waals surface area (Å²) in [4.78, 5) is 16.9. The highest BCUT2D eigenvalue weighted by Gasteiger charge is 2.32. The van der Waals surface area contributed by atoms with E-state index in [1.807, 2.05) is 12.3 Å². The molecule has 1 amide bonds. The number of hydrogen-bond acceptors (Lipinski definition) is 5. The Morgan fingerprint density at radius 1 is 1.10 bits per heavy atom. The normalized spacial score (nSPS) is 11.2. The Kier molecular flexibility index (Phi) is 6.38. The summed E-state index contributed by atoms with van der Waals surface area (Å²) in [6.45, 7) is 1.96. The van der Waals surface area contributed by atoms with Gasteiger partial charge in [0.1, 0.15) is 18.1 Å². The average Bonchev–Trinajstić information content (AvgIpc) is 3.10. The highest BCUT2D eigenvalue weighted by atomic mass is 32.1. The number of hydrogen-bond donors (Lipinski definition) is 1. The van der Waals surface area contributed by atoms with Crippen molar-refractivity contribution in [1.29, 1.82) is 0 Å². The second-order valence-corrected chi connectivity index (χ2v) is 7.04. The van der Waals surface area contributed by atoms with Crippen LogP contribution >= 0.6 is 11.3 Å². The van der Waals surface area contributed by atoms with Gasteiger partial charge in [-0.15, -0.1) is 24.5 Å². The molecule has 3 aromatic rings.